The largest absolute Gasteiger partial charge is 0.465 e. The van der Waals surface area contributed by atoms with Gasteiger partial charge in [0.2, 0.25) is 0 Å². The van der Waals surface area contributed by atoms with E-state index in [0.29, 0.717) is 10.7 Å². The molecule has 0 atom stereocenters. The van der Waals surface area contributed by atoms with Gasteiger partial charge in [-0.1, -0.05) is 0 Å². The number of likely N-dealkylation sites (N-methyl/N-ethyl adjacent to an activating group) is 1. The number of thiophene rings is 1. The van der Waals surface area contributed by atoms with Gasteiger partial charge in [-0.15, -0.1) is 11.3 Å². The summed E-state index contributed by atoms with van der Waals surface area (Å²) in [4.78, 5) is 15.4. The van der Waals surface area contributed by atoms with E-state index in [-0.39, 0.29) is 5.97 Å². The average molecular weight is 327 g/mol. The van der Waals surface area contributed by atoms with Crippen molar-refractivity contribution < 1.29 is 9.53 Å². The van der Waals surface area contributed by atoms with Gasteiger partial charge in [0.25, 0.3) is 0 Å². The molecule has 0 fully saturated rings. The molecule has 0 bridgehead atoms. The minimum absolute atomic E-state index is 0.284. The highest BCUT2D eigenvalue weighted by Gasteiger charge is 2.27. The molecule has 1 heterocycles. The zero-order valence-corrected chi connectivity index (χ0v) is 14.2. The predicted octanol–water partition coefficient (Wildman–Crippen LogP) is 1.87. The fourth-order valence-corrected chi connectivity index (χ4v) is 3.90. The number of rotatable bonds is 5. The Labute approximate surface area is 134 Å². The molecule has 1 aliphatic rings. The van der Waals surface area contributed by atoms with E-state index in [0.717, 1.165) is 42.9 Å². The van der Waals surface area contributed by atoms with E-state index in [2.05, 4.69) is 15.5 Å². The van der Waals surface area contributed by atoms with Crippen molar-refractivity contribution in [2.24, 2.45) is 0 Å². The number of methoxy groups -OCH3 is 1. The van der Waals surface area contributed by atoms with E-state index in [4.69, 9.17) is 17.0 Å². The number of hydrogen-bond donors (Lipinski definition) is 2. The van der Waals surface area contributed by atoms with Crippen LogP contribution in [0.25, 0.3) is 0 Å². The molecule has 0 aromatic carbocycles. The average Bonchev–Trinajstić information content (AvgIpc) is 2.97. The van der Waals surface area contributed by atoms with Gasteiger partial charge in [-0.3, -0.25) is 0 Å². The Morgan fingerprint density at radius 2 is 2.19 bits per heavy atom. The van der Waals surface area contributed by atoms with Crippen LogP contribution in [-0.2, 0) is 17.6 Å². The third kappa shape index (κ3) is 3.93. The Hall–Kier alpha value is -1.18. The number of carbonyl (C=O) groups excluding carboxylic acids is 1. The van der Waals surface area contributed by atoms with Gasteiger partial charge >= 0.3 is 5.97 Å². The van der Waals surface area contributed by atoms with Gasteiger partial charge < -0.3 is 20.3 Å². The second-order valence-corrected chi connectivity index (χ2v) is 6.75. The van der Waals surface area contributed by atoms with Crippen molar-refractivity contribution in [3.8, 4) is 0 Å². The van der Waals surface area contributed by atoms with Gasteiger partial charge in [0.1, 0.15) is 5.00 Å². The summed E-state index contributed by atoms with van der Waals surface area (Å²) in [7, 11) is 5.44. The van der Waals surface area contributed by atoms with Crippen LogP contribution in [0.1, 0.15) is 27.2 Å². The lowest BCUT2D eigenvalue weighted by Crippen LogP contribution is -2.34. The molecular formula is C14H21N3O2S2. The zero-order chi connectivity index (χ0) is 15.4. The van der Waals surface area contributed by atoms with E-state index < -0.39 is 0 Å². The van der Waals surface area contributed by atoms with E-state index in [1.807, 2.05) is 14.1 Å². The molecule has 2 N–H and O–H groups in total. The maximum atomic E-state index is 12.0. The fourth-order valence-electron chi connectivity index (χ4n) is 2.35. The maximum absolute atomic E-state index is 12.0. The molecule has 0 saturated heterocycles. The number of ether oxygens (including phenoxy) is 1. The normalized spacial score (nSPS) is 13.1. The van der Waals surface area contributed by atoms with E-state index in [1.165, 1.54) is 12.0 Å². The fraction of sp³-hybridized carbons (Fsp3) is 0.571. The third-order valence-electron chi connectivity index (χ3n) is 3.38. The Morgan fingerprint density at radius 3 is 2.86 bits per heavy atom. The standard InChI is InChI=1S/C14H21N3O2S2/c1-17(2)8-7-15-14(20)16-12-11(13(18)19-3)9-5-4-6-10(9)21-12/h4-8H2,1-3H3,(H2,15,16,20). The van der Waals surface area contributed by atoms with Crippen molar-refractivity contribution in [1.29, 1.82) is 0 Å². The number of aryl methyl sites for hydroxylation is 1. The first-order valence-electron chi connectivity index (χ1n) is 6.95. The number of nitrogens with one attached hydrogen (secondary N) is 2. The first-order valence-corrected chi connectivity index (χ1v) is 8.17. The summed E-state index contributed by atoms with van der Waals surface area (Å²) >= 11 is 6.90. The number of thiocarbonyl (C=S) groups is 1. The topological polar surface area (TPSA) is 53.6 Å². The van der Waals surface area contributed by atoms with Gasteiger partial charge in [0.15, 0.2) is 5.11 Å². The number of hydrogen-bond acceptors (Lipinski definition) is 5. The van der Waals surface area contributed by atoms with Crippen molar-refractivity contribution >= 4 is 39.6 Å². The lowest BCUT2D eigenvalue weighted by molar-refractivity contribution is 0.0601. The molecule has 0 aliphatic heterocycles. The molecule has 0 unspecified atom stereocenters. The van der Waals surface area contributed by atoms with Gasteiger partial charge in [-0.2, -0.15) is 0 Å². The maximum Gasteiger partial charge on any atom is 0.341 e. The molecule has 7 heteroatoms. The van der Waals surface area contributed by atoms with Crippen LogP contribution in [0.3, 0.4) is 0 Å². The summed E-state index contributed by atoms with van der Waals surface area (Å²) < 4.78 is 4.91. The highest BCUT2D eigenvalue weighted by Crippen LogP contribution is 2.39. The number of carbonyl (C=O) groups is 1. The van der Waals surface area contributed by atoms with E-state index in [9.17, 15) is 4.79 Å². The van der Waals surface area contributed by atoms with Gasteiger partial charge in [0, 0.05) is 18.0 Å². The number of fused-ring (bicyclic) bond motifs is 1. The first kappa shape index (κ1) is 16.2. The summed E-state index contributed by atoms with van der Waals surface area (Å²) in [6.45, 7) is 1.66. The van der Waals surface area contributed by atoms with Crippen LogP contribution in [-0.4, -0.2) is 50.3 Å². The molecule has 0 spiro atoms. The van der Waals surface area contributed by atoms with Crippen molar-refractivity contribution in [3.05, 3.63) is 16.0 Å². The molecule has 116 valence electrons. The molecule has 1 aromatic heterocycles. The Kier molecular flexibility index (Phi) is 5.55. The second kappa shape index (κ2) is 7.20. The molecule has 21 heavy (non-hydrogen) atoms. The van der Waals surface area contributed by atoms with Gasteiger partial charge in [-0.25, -0.2) is 4.79 Å². The smallest absolute Gasteiger partial charge is 0.341 e. The third-order valence-corrected chi connectivity index (χ3v) is 4.84. The van der Waals surface area contributed by atoms with Crippen LogP contribution in [0.5, 0.6) is 0 Å². The first-order chi connectivity index (χ1) is 10.0. The van der Waals surface area contributed by atoms with Crippen LogP contribution >= 0.6 is 23.6 Å². The minimum Gasteiger partial charge on any atom is -0.465 e. The summed E-state index contributed by atoms with van der Waals surface area (Å²) in [6, 6.07) is 0. The van der Waals surface area contributed by atoms with E-state index in [1.54, 1.807) is 11.3 Å². The van der Waals surface area contributed by atoms with Crippen molar-refractivity contribution in [2.75, 3.05) is 39.6 Å². The number of esters is 1. The van der Waals surface area contributed by atoms with E-state index >= 15 is 0 Å². The van der Waals surface area contributed by atoms with Crippen LogP contribution in [0.2, 0.25) is 0 Å². The highest BCUT2D eigenvalue weighted by atomic mass is 32.1. The zero-order valence-electron chi connectivity index (χ0n) is 12.6. The molecule has 0 amide bonds. The lowest BCUT2D eigenvalue weighted by atomic mass is 10.1. The summed E-state index contributed by atoms with van der Waals surface area (Å²) in [5.41, 5.74) is 1.79. The number of anilines is 1. The summed E-state index contributed by atoms with van der Waals surface area (Å²) in [5.74, 6) is -0.284. The molecule has 1 aliphatic carbocycles. The monoisotopic (exact) mass is 327 g/mol. The molecular weight excluding hydrogens is 306 g/mol. The molecule has 2 rings (SSSR count). The van der Waals surface area contributed by atoms with Crippen LogP contribution < -0.4 is 10.6 Å². The summed E-state index contributed by atoms with van der Waals surface area (Å²) in [6.07, 6.45) is 3.09. The van der Waals surface area contributed by atoms with Crippen molar-refractivity contribution in [3.63, 3.8) is 0 Å². The number of nitrogens with zero attached hydrogens (tertiary/aromatic N) is 1. The van der Waals surface area contributed by atoms with Crippen LogP contribution in [0.4, 0.5) is 5.00 Å². The lowest BCUT2D eigenvalue weighted by Gasteiger charge is -2.13. The van der Waals surface area contributed by atoms with Crippen LogP contribution in [0, 0.1) is 0 Å². The van der Waals surface area contributed by atoms with Gasteiger partial charge in [-0.05, 0) is 51.1 Å². The SMILES string of the molecule is COC(=O)c1c(NC(=S)NCCN(C)C)sc2c1CCC2. The molecule has 5 nitrogen and oxygen atoms in total. The Bertz CT molecular complexity index is 541. The molecule has 1 aromatic rings. The quantitative estimate of drug-likeness (QED) is 0.636. The van der Waals surface area contributed by atoms with Crippen molar-refractivity contribution in [2.45, 2.75) is 19.3 Å². The summed E-state index contributed by atoms with van der Waals surface area (Å²) in [5, 5.41) is 7.64. The Balaban J connectivity index is 2.06. The Morgan fingerprint density at radius 1 is 1.43 bits per heavy atom. The van der Waals surface area contributed by atoms with Crippen molar-refractivity contribution in [1.82, 2.24) is 10.2 Å². The highest BCUT2D eigenvalue weighted by molar-refractivity contribution is 7.80. The van der Waals surface area contributed by atoms with Gasteiger partial charge in [0.05, 0.1) is 12.7 Å². The predicted molar refractivity (Wildman–Crippen MR) is 90.5 cm³/mol. The minimum atomic E-state index is -0.284. The molecule has 0 saturated carbocycles. The van der Waals surface area contributed by atoms with Crippen LogP contribution in [0.15, 0.2) is 0 Å². The second-order valence-electron chi connectivity index (χ2n) is 5.24. The molecule has 0 radical (unpaired) electrons.